The fraction of sp³-hybridized carbons (Fsp3) is 0.222. The molecule has 0 unspecified atom stereocenters. The Morgan fingerprint density at radius 3 is 2.65 bits per heavy atom. The minimum Gasteiger partial charge on any atom is -0.502 e. The molecular weight excluding hydrogens is 338 g/mol. The first-order valence-electron chi connectivity index (χ1n) is 7.78. The van der Waals surface area contributed by atoms with Gasteiger partial charge in [-0.15, -0.1) is 0 Å². The van der Waals surface area contributed by atoms with Gasteiger partial charge in [-0.3, -0.25) is 14.9 Å². The summed E-state index contributed by atoms with van der Waals surface area (Å²) in [5.41, 5.74) is 5.19. The van der Waals surface area contributed by atoms with Crippen LogP contribution in [0.3, 0.4) is 0 Å². The maximum absolute atomic E-state index is 11.8. The van der Waals surface area contributed by atoms with Crippen LogP contribution in [-0.4, -0.2) is 28.8 Å². The number of carbonyl (C=O) groups is 1. The lowest BCUT2D eigenvalue weighted by atomic mass is 10.1. The summed E-state index contributed by atoms with van der Waals surface area (Å²) in [6.07, 6.45) is 1.24. The summed E-state index contributed by atoms with van der Waals surface area (Å²) in [5, 5.41) is 23.9. The van der Waals surface area contributed by atoms with Crippen LogP contribution < -0.4 is 10.2 Å². The molecule has 0 fully saturated rings. The van der Waals surface area contributed by atoms with Crippen LogP contribution in [0.4, 0.5) is 5.69 Å². The number of ether oxygens (including phenoxy) is 1. The van der Waals surface area contributed by atoms with Gasteiger partial charge in [-0.2, -0.15) is 5.10 Å². The van der Waals surface area contributed by atoms with Crippen molar-refractivity contribution in [1.29, 1.82) is 0 Å². The van der Waals surface area contributed by atoms with Crippen LogP contribution in [0.5, 0.6) is 11.5 Å². The zero-order valence-corrected chi connectivity index (χ0v) is 14.6. The van der Waals surface area contributed by atoms with E-state index in [-0.39, 0.29) is 6.61 Å². The maximum atomic E-state index is 11.8. The summed E-state index contributed by atoms with van der Waals surface area (Å²) >= 11 is 0. The van der Waals surface area contributed by atoms with E-state index in [1.54, 1.807) is 0 Å². The number of hydrogen-bond acceptors (Lipinski definition) is 6. The highest BCUT2D eigenvalue weighted by atomic mass is 16.6. The van der Waals surface area contributed by atoms with Crippen LogP contribution in [0.25, 0.3) is 0 Å². The molecule has 0 heterocycles. The molecule has 0 atom stereocenters. The van der Waals surface area contributed by atoms with Crippen molar-refractivity contribution in [3.8, 4) is 11.5 Å². The van der Waals surface area contributed by atoms with E-state index in [2.05, 4.69) is 10.5 Å². The molecule has 0 bridgehead atoms. The quantitative estimate of drug-likeness (QED) is 0.469. The number of hydrogen-bond donors (Lipinski definition) is 2. The number of rotatable bonds is 6. The summed E-state index contributed by atoms with van der Waals surface area (Å²) in [4.78, 5) is 21.9. The molecular formula is C18H19N3O5. The Labute approximate surface area is 150 Å². The highest BCUT2D eigenvalue weighted by Crippen LogP contribution is 2.26. The predicted molar refractivity (Wildman–Crippen MR) is 96.6 cm³/mol. The van der Waals surface area contributed by atoms with Crippen LogP contribution in [0, 0.1) is 30.9 Å². The number of amides is 1. The van der Waals surface area contributed by atoms with Crippen LogP contribution in [0.15, 0.2) is 35.4 Å². The van der Waals surface area contributed by atoms with E-state index >= 15 is 0 Å². The number of phenolic OH excluding ortho intramolecular Hbond substituents is 1. The Morgan fingerprint density at radius 2 is 1.96 bits per heavy atom. The number of aromatic hydroxyl groups is 1. The van der Waals surface area contributed by atoms with Crippen molar-refractivity contribution >= 4 is 17.8 Å². The molecule has 2 N–H and O–H groups in total. The zero-order chi connectivity index (χ0) is 19.3. The summed E-state index contributed by atoms with van der Waals surface area (Å²) in [6.45, 7) is 5.57. The average molecular weight is 357 g/mol. The molecule has 0 aliphatic heterocycles. The molecule has 2 aromatic rings. The Kier molecular flexibility index (Phi) is 5.90. The number of aryl methyl sites for hydroxylation is 2. The van der Waals surface area contributed by atoms with E-state index in [0.29, 0.717) is 11.3 Å². The molecule has 26 heavy (non-hydrogen) atoms. The number of nitro groups is 1. The highest BCUT2D eigenvalue weighted by molar-refractivity contribution is 5.84. The van der Waals surface area contributed by atoms with Gasteiger partial charge in [-0.05, 0) is 49.6 Å². The first kappa shape index (κ1) is 18.9. The van der Waals surface area contributed by atoms with Gasteiger partial charge in [0.25, 0.3) is 5.91 Å². The summed E-state index contributed by atoms with van der Waals surface area (Å²) in [6, 6.07) is 7.69. The first-order valence-corrected chi connectivity index (χ1v) is 7.78. The first-order chi connectivity index (χ1) is 12.3. The largest absolute Gasteiger partial charge is 0.502 e. The Hall–Kier alpha value is -3.42. The lowest BCUT2D eigenvalue weighted by Crippen LogP contribution is -2.25. The van der Waals surface area contributed by atoms with Gasteiger partial charge in [0.2, 0.25) is 0 Å². The molecule has 2 rings (SSSR count). The molecule has 2 aromatic carbocycles. The van der Waals surface area contributed by atoms with Crippen molar-refractivity contribution in [3.63, 3.8) is 0 Å². The van der Waals surface area contributed by atoms with Gasteiger partial charge in [0, 0.05) is 11.6 Å². The second kappa shape index (κ2) is 8.11. The molecule has 0 saturated heterocycles. The zero-order valence-electron chi connectivity index (χ0n) is 14.6. The molecule has 1 amide bonds. The molecule has 0 aliphatic rings. The second-order valence-corrected chi connectivity index (χ2v) is 5.74. The van der Waals surface area contributed by atoms with E-state index in [0.717, 1.165) is 22.8 Å². The maximum Gasteiger partial charge on any atom is 0.311 e. The van der Waals surface area contributed by atoms with Crippen molar-refractivity contribution in [2.45, 2.75) is 20.8 Å². The van der Waals surface area contributed by atoms with E-state index in [4.69, 9.17) is 4.74 Å². The van der Waals surface area contributed by atoms with E-state index in [9.17, 15) is 20.0 Å². The SMILES string of the molecule is Cc1ccc(C)c(OCC(=O)N/N=C\c2ccc(O)c([N+](=O)[O-])c2)c1C. The fourth-order valence-electron chi connectivity index (χ4n) is 2.26. The van der Waals surface area contributed by atoms with E-state index in [1.165, 1.54) is 18.3 Å². The number of hydrazone groups is 1. The third kappa shape index (κ3) is 4.56. The normalized spacial score (nSPS) is 10.7. The van der Waals surface area contributed by atoms with Crippen LogP contribution in [-0.2, 0) is 4.79 Å². The predicted octanol–water partition coefficient (Wildman–Crippen LogP) is 2.75. The molecule has 8 heteroatoms. The van der Waals surface area contributed by atoms with Gasteiger partial charge in [0.15, 0.2) is 12.4 Å². The van der Waals surface area contributed by atoms with Crippen molar-refractivity contribution in [2.75, 3.05) is 6.61 Å². The Balaban J connectivity index is 1.95. The van der Waals surface area contributed by atoms with Gasteiger partial charge in [-0.1, -0.05) is 12.1 Å². The minimum atomic E-state index is -0.703. The third-order valence-electron chi connectivity index (χ3n) is 3.82. The van der Waals surface area contributed by atoms with Gasteiger partial charge >= 0.3 is 5.69 Å². The summed E-state index contributed by atoms with van der Waals surface area (Å²) in [7, 11) is 0. The van der Waals surface area contributed by atoms with Crippen LogP contribution in [0.2, 0.25) is 0 Å². The lowest BCUT2D eigenvalue weighted by Gasteiger charge is -2.13. The summed E-state index contributed by atoms with van der Waals surface area (Å²) in [5.74, 6) is -0.235. The number of nitrogens with one attached hydrogen (secondary N) is 1. The molecule has 0 spiro atoms. The molecule has 136 valence electrons. The van der Waals surface area contributed by atoms with Crippen molar-refractivity contribution in [3.05, 3.63) is 62.7 Å². The topological polar surface area (TPSA) is 114 Å². The number of benzene rings is 2. The van der Waals surface area contributed by atoms with Crippen molar-refractivity contribution in [2.24, 2.45) is 5.10 Å². The van der Waals surface area contributed by atoms with E-state index in [1.807, 2.05) is 32.9 Å². The molecule has 0 aromatic heterocycles. The third-order valence-corrected chi connectivity index (χ3v) is 3.82. The summed E-state index contributed by atoms with van der Waals surface area (Å²) < 4.78 is 5.57. The smallest absolute Gasteiger partial charge is 0.311 e. The van der Waals surface area contributed by atoms with Gasteiger partial charge in [-0.25, -0.2) is 5.43 Å². The van der Waals surface area contributed by atoms with Gasteiger partial charge in [0.05, 0.1) is 11.1 Å². The standard InChI is InChI=1S/C18H19N3O5/c1-11-4-5-12(2)18(13(11)3)26-10-17(23)20-19-9-14-6-7-16(22)15(8-14)21(24)25/h4-9,22H,10H2,1-3H3,(H,20,23)/b19-9-. The molecule has 0 radical (unpaired) electrons. The lowest BCUT2D eigenvalue weighted by molar-refractivity contribution is -0.385. The second-order valence-electron chi connectivity index (χ2n) is 5.74. The number of nitrogens with zero attached hydrogens (tertiary/aromatic N) is 2. The monoisotopic (exact) mass is 357 g/mol. The highest BCUT2D eigenvalue weighted by Gasteiger charge is 2.13. The van der Waals surface area contributed by atoms with E-state index < -0.39 is 22.3 Å². The minimum absolute atomic E-state index is 0.210. The molecule has 0 saturated carbocycles. The number of nitro benzene ring substituents is 1. The molecule has 0 aliphatic carbocycles. The number of carbonyl (C=O) groups excluding carboxylic acids is 1. The number of phenols is 1. The van der Waals surface area contributed by atoms with Crippen molar-refractivity contribution in [1.82, 2.24) is 5.43 Å². The molecule has 8 nitrogen and oxygen atoms in total. The average Bonchev–Trinajstić information content (AvgIpc) is 2.59. The van der Waals surface area contributed by atoms with Gasteiger partial charge < -0.3 is 9.84 Å². The van der Waals surface area contributed by atoms with Crippen LogP contribution >= 0.6 is 0 Å². The Bertz CT molecular complexity index is 877. The van der Waals surface area contributed by atoms with Crippen LogP contribution in [0.1, 0.15) is 22.3 Å². The van der Waals surface area contributed by atoms with Crippen molar-refractivity contribution < 1.29 is 19.6 Å². The fourth-order valence-corrected chi connectivity index (χ4v) is 2.26. The Morgan fingerprint density at radius 1 is 1.27 bits per heavy atom. The van der Waals surface area contributed by atoms with Gasteiger partial charge in [0.1, 0.15) is 5.75 Å².